The lowest BCUT2D eigenvalue weighted by Crippen LogP contribution is -2.14. The summed E-state index contributed by atoms with van der Waals surface area (Å²) >= 11 is 1.54. The molecular formula is C21H20N4O3S2. The van der Waals surface area contributed by atoms with Crippen molar-refractivity contribution in [3.8, 4) is 10.6 Å². The van der Waals surface area contributed by atoms with Gasteiger partial charge >= 0.3 is 0 Å². The van der Waals surface area contributed by atoms with Crippen LogP contribution in [0, 0.1) is 13.8 Å². The number of aryl methyl sites for hydroxylation is 3. The number of benzene rings is 1. The molecule has 0 saturated carbocycles. The number of hydrogen-bond donors (Lipinski definition) is 1. The molecule has 3 heterocycles. The summed E-state index contributed by atoms with van der Waals surface area (Å²) in [6.45, 7) is 3.65. The highest BCUT2D eigenvalue weighted by Gasteiger charge is 2.20. The number of carbonyl (C=O) groups excluding carboxylic acids is 1. The summed E-state index contributed by atoms with van der Waals surface area (Å²) < 4.78 is 25.5. The van der Waals surface area contributed by atoms with Gasteiger partial charge in [-0.3, -0.25) is 9.48 Å². The molecule has 4 rings (SSSR count). The average Bonchev–Trinajstić information content (AvgIpc) is 3.31. The van der Waals surface area contributed by atoms with Gasteiger partial charge in [-0.1, -0.05) is 12.1 Å². The van der Waals surface area contributed by atoms with Crippen LogP contribution in [0.15, 0.2) is 46.7 Å². The highest BCUT2D eigenvalue weighted by atomic mass is 32.2. The number of anilines is 1. The van der Waals surface area contributed by atoms with Crippen molar-refractivity contribution < 1.29 is 13.2 Å². The summed E-state index contributed by atoms with van der Waals surface area (Å²) in [5.74, 6) is -0.343. The third-order valence-electron chi connectivity index (χ3n) is 4.87. The molecule has 0 spiro atoms. The Labute approximate surface area is 178 Å². The minimum atomic E-state index is -3.39. The van der Waals surface area contributed by atoms with Gasteiger partial charge in [0.05, 0.1) is 32.1 Å². The summed E-state index contributed by atoms with van der Waals surface area (Å²) in [6.07, 6.45) is 1.14. The maximum Gasteiger partial charge on any atom is 0.256 e. The average molecular weight is 441 g/mol. The molecule has 7 nitrogen and oxygen atoms in total. The Morgan fingerprint density at radius 2 is 1.93 bits per heavy atom. The number of aromatic nitrogens is 3. The van der Waals surface area contributed by atoms with Crippen molar-refractivity contribution in [3.05, 3.63) is 58.6 Å². The predicted octanol–water partition coefficient (Wildman–Crippen LogP) is 3.97. The summed E-state index contributed by atoms with van der Waals surface area (Å²) in [7, 11) is -1.60. The van der Waals surface area contributed by atoms with Crippen molar-refractivity contribution in [3.63, 3.8) is 0 Å². The van der Waals surface area contributed by atoms with Gasteiger partial charge in [0.25, 0.3) is 5.91 Å². The van der Waals surface area contributed by atoms with Gasteiger partial charge in [-0.25, -0.2) is 13.4 Å². The second-order valence-corrected chi connectivity index (χ2v) is 10.1. The molecule has 0 radical (unpaired) electrons. The molecule has 9 heteroatoms. The molecule has 0 bridgehead atoms. The maximum atomic E-state index is 13.3. The standard InChI is InChI=1S/C21H20N4O3S2/c1-12-7-8-14(30(4,27)28)10-16(12)23-21(26)15-11-17(18-6-5-9-29-18)22-20-19(15)13(2)24-25(20)3/h5-11H,1-4H3,(H,23,26). The van der Waals surface area contributed by atoms with Crippen LogP contribution in [0.4, 0.5) is 5.69 Å². The molecule has 0 atom stereocenters. The molecule has 4 aromatic rings. The number of fused-ring (bicyclic) bond motifs is 1. The second-order valence-electron chi connectivity index (χ2n) is 7.14. The number of sulfone groups is 1. The van der Waals surface area contributed by atoms with Crippen molar-refractivity contribution in [2.45, 2.75) is 18.7 Å². The molecule has 0 saturated heterocycles. The van der Waals surface area contributed by atoms with E-state index in [1.165, 1.54) is 23.5 Å². The quantitative estimate of drug-likeness (QED) is 0.518. The lowest BCUT2D eigenvalue weighted by molar-refractivity contribution is 0.102. The normalized spacial score (nSPS) is 11.7. The Morgan fingerprint density at radius 3 is 2.60 bits per heavy atom. The molecule has 3 aromatic heterocycles. The van der Waals surface area contributed by atoms with E-state index >= 15 is 0 Å². The fraction of sp³-hybridized carbons (Fsp3) is 0.190. The van der Waals surface area contributed by atoms with Gasteiger partial charge < -0.3 is 5.32 Å². The Bertz CT molecular complexity index is 1390. The van der Waals surface area contributed by atoms with Crippen LogP contribution >= 0.6 is 11.3 Å². The number of rotatable bonds is 4. The van der Waals surface area contributed by atoms with E-state index in [0.29, 0.717) is 33.7 Å². The van der Waals surface area contributed by atoms with Crippen LogP contribution in [0.5, 0.6) is 0 Å². The van der Waals surface area contributed by atoms with Gasteiger partial charge in [-0.15, -0.1) is 11.3 Å². The van der Waals surface area contributed by atoms with E-state index in [-0.39, 0.29) is 10.8 Å². The molecule has 0 unspecified atom stereocenters. The molecule has 154 valence electrons. The Hall–Kier alpha value is -3.04. The van der Waals surface area contributed by atoms with Gasteiger partial charge in [0.15, 0.2) is 15.5 Å². The zero-order valence-electron chi connectivity index (χ0n) is 16.9. The number of carbonyl (C=O) groups is 1. The van der Waals surface area contributed by atoms with Crippen LogP contribution in [0.25, 0.3) is 21.6 Å². The highest BCUT2D eigenvalue weighted by Crippen LogP contribution is 2.30. The van der Waals surface area contributed by atoms with Crippen molar-refractivity contribution in [2.24, 2.45) is 7.05 Å². The molecule has 0 aliphatic rings. The van der Waals surface area contributed by atoms with E-state index in [2.05, 4.69) is 10.4 Å². The first kappa shape index (κ1) is 20.2. The second kappa shape index (κ2) is 7.33. The number of amides is 1. The van der Waals surface area contributed by atoms with Gasteiger partial charge in [-0.05, 0) is 49.1 Å². The molecule has 1 aromatic carbocycles. The van der Waals surface area contributed by atoms with Crippen molar-refractivity contribution in [1.29, 1.82) is 0 Å². The first-order chi connectivity index (χ1) is 14.1. The summed E-state index contributed by atoms with van der Waals surface area (Å²) in [6, 6.07) is 10.3. The van der Waals surface area contributed by atoms with E-state index in [9.17, 15) is 13.2 Å². The third-order valence-corrected chi connectivity index (χ3v) is 6.87. The van der Waals surface area contributed by atoms with E-state index in [1.807, 2.05) is 31.4 Å². The van der Waals surface area contributed by atoms with E-state index in [0.717, 1.165) is 16.7 Å². The van der Waals surface area contributed by atoms with Crippen LogP contribution in [0.1, 0.15) is 21.6 Å². The summed E-state index contributed by atoms with van der Waals surface area (Å²) in [4.78, 5) is 19.1. The van der Waals surface area contributed by atoms with Gasteiger partial charge in [-0.2, -0.15) is 5.10 Å². The summed E-state index contributed by atoms with van der Waals surface area (Å²) in [5.41, 5.74) is 3.66. The number of nitrogens with zero attached hydrogens (tertiary/aromatic N) is 3. The van der Waals surface area contributed by atoms with Crippen molar-refractivity contribution in [2.75, 3.05) is 11.6 Å². The zero-order valence-corrected chi connectivity index (χ0v) is 18.6. The van der Waals surface area contributed by atoms with E-state index in [4.69, 9.17) is 4.98 Å². The molecule has 0 aliphatic heterocycles. The van der Waals surface area contributed by atoms with Gasteiger partial charge in [0, 0.05) is 19.0 Å². The van der Waals surface area contributed by atoms with Crippen LogP contribution < -0.4 is 5.32 Å². The predicted molar refractivity (Wildman–Crippen MR) is 119 cm³/mol. The minimum absolute atomic E-state index is 0.153. The van der Waals surface area contributed by atoms with Gasteiger partial charge in [0.2, 0.25) is 0 Å². The number of thiophene rings is 1. The van der Waals surface area contributed by atoms with E-state index < -0.39 is 9.84 Å². The molecule has 1 amide bonds. The van der Waals surface area contributed by atoms with Crippen LogP contribution in [0.2, 0.25) is 0 Å². The number of nitrogens with one attached hydrogen (secondary N) is 1. The Balaban J connectivity index is 1.84. The summed E-state index contributed by atoms with van der Waals surface area (Å²) in [5, 5.41) is 9.93. The topological polar surface area (TPSA) is 93.9 Å². The first-order valence-electron chi connectivity index (χ1n) is 9.15. The maximum absolute atomic E-state index is 13.3. The van der Waals surface area contributed by atoms with Crippen LogP contribution in [-0.2, 0) is 16.9 Å². The van der Waals surface area contributed by atoms with Crippen LogP contribution in [0.3, 0.4) is 0 Å². The SMILES string of the molecule is Cc1ccc(S(C)(=O)=O)cc1NC(=O)c1cc(-c2cccs2)nc2c1c(C)nn2C. The zero-order chi connectivity index (χ0) is 21.6. The number of hydrogen-bond acceptors (Lipinski definition) is 6. The molecule has 1 N–H and O–H groups in total. The lowest BCUT2D eigenvalue weighted by atomic mass is 10.1. The third kappa shape index (κ3) is 3.61. The van der Waals surface area contributed by atoms with Gasteiger partial charge in [0.1, 0.15) is 0 Å². The fourth-order valence-corrected chi connectivity index (χ4v) is 4.66. The highest BCUT2D eigenvalue weighted by molar-refractivity contribution is 7.90. The first-order valence-corrected chi connectivity index (χ1v) is 11.9. The largest absolute Gasteiger partial charge is 0.322 e. The monoisotopic (exact) mass is 440 g/mol. The number of pyridine rings is 1. The fourth-order valence-electron chi connectivity index (χ4n) is 3.33. The van der Waals surface area contributed by atoms with E-state index in [1.54, 1.807) is 23.9 Å². The molecule has 0 aliphatic carbocycles. The van der Waals surface area contributed by atoms with Crippen molar-refractivity contribution in [1.82, 2.24) is 14.8 Å². The Morgan fingerprint density at radius 1 is 1.17 bits per heavy atom. The minimum Gasteiger partial charge on any atom is -0.322 e. The molecular weight excluding hydrogens is 420 g/mol. The smallest absolute Gasteiger partial charge is 0.256 e. The molecule has 0 fully saturated rings. The lowest BCUT2D eigenvalue weighted by Gasteiger charge is -2.12. The Kier molecular flexibility index (Phi) is 4.95. The van der Waals surface area contributed by atoms with Crippen LogP contribution in [-0.4, -0.2) is 35.3 Å². The van der Waals surface area contributed by atoms with Crippen molar-refractivity contribution >= 4 is 43.8 Å². The molecule has 30 heavy (non-hydrogen) atoms.